The van der Waals surface area contributed by atoms with E-state index in [4.69, 9.17) is 0 Å². The summed E-state index contributed by atoms with van der Waals surface area (Å²) >= 11 is 1.95. The summed E-state index contributed by atoms with van der Waals surface area (Å²) in [4.78, 5) is 27.7. The monoisotopic (exact) mass is 332 g/mol. The Morgan fingerprint density at radius 3 is 2.57 bits per heavy atom. The fourth-order valence-electron chi connectivity index (χ4n) is 2.54. The van der Waals surface area contributed by atoms with Crippen molar-refractivity contribution in [2.45, 2.75) is 19.1 Å². The van der Waals surface area contributed by atoms with Crippen LogP contribution >= 0.6 is 11.8 Å². The first-order chi connectivity index (χ1) is 10.9. The van der Waals surface area contributed by atoms with Gasteiger partial charge in [0.2, 0.25) is 5.91 Å². The predicted octanol–water partition coefficient (Wildman–Crippen LogP) is 3.05. The summed E-state index contributed by atoms with van der Waals surface area (Å²) in [5.74, 6) is 1.46. The van der Waals surface area contributed by atoms with Crippen LogP contribution in [-0.4, -0.2) is 47.9 Å². The van der Waals surface area contributed by atoms with Gasteiger partial charge in [0.05, 0.1) is 0 Å². The maximum atomic E-state index is 12.7. The van der Waals surface area contributed by atoms with Crippen molar-refractivity contribution in [3.63, 3.8) is 0 Å². The zero-order chi connectivity index (χ0) is 17.0. The Bertz CT molecular complexity index is 583. The van der Waals surface area contributed by atoms with Gasteiger partial charge in [-0.2, -0.15) is 11.8 Å². The van der Waals surface area contributed by atoms with Crippen molar-refractivity contribution >= 4 is 29.3 Å². The molecule has 2 amide bonds. The van der Waals surface area contributed by atoms with Crippen LogP contribution in [0.25, 0.3) is 0 Å². The lowest BCUT2D eigenvalue weighted by atomic mass is 10.1. The minimum atomic E-state index is -0.170. The van der Waals surface area contributed by atoms with E-state index in [1.54, 1.807) is 31.3 Å². The molecule has 1 heterocycles. The Labute approximate surface area is 142 Å². The molecule has 1 aromatic carbocycles. The molecule has 0 radical (unpaired) electrons. The average Bonchev–Trinajstić information content (AvgIpc) is 2.60. The average molecular weight is 332 g/mol. The molecule has 1 aromatic rings. The van der Waals surface area contributed by atoms with Crippen molar-refractivity contribution in [3.05, 3.63) is 42.5 Å². The standard InChI is InChI=1S/C18H24N2O2S/c1-5-17(21)19(4)15-8-6-14(7-9-15)18(22)20-10-11-23-16(12-20)13(2)3/h5-9,13,16H,1,10-12H2,2-4H3. The van der Waals surface area contributed by atoms with E-state index in [0.717, 1.165) is 24.5 Å². The molecular formula is C18H24N2O2S. The van der Waals surface area contributed by atoms with E-state index < -0.39 is 0 Å². The second kappa shape index (κ2) is 7.68. The molecule has 0 bridgehead atoms. The summed E-state index contributed by atoms with van der Waals surface area (Å²) in [5, 5.41) is 0.503. The van der Waals surface area contributed by atoms with Gasteiger partial charge in [0.15, 0.2) is 0 Å². The first kappa shape index (κ1) is 17.6. The summed E-state index contributed by atoms with van der Waals surface area (Å²) < 4.78 is 0. The van der Waals surface area contributed by atoms with Crippen LogP contribution in [0.1, 0.15) is 24.2 Å². The maximum Gasteiger partial charge on any atom is 0.253 e. The predicted molar refractivity (Wildman–Crippen MR) is 97.0 cm³/mol. The number of amides is 2. The van der Waals surface area contributed by atoms with Gasteiger partial charge in [-0.1, -0.05) is 20.4 Å². The van der Waals surface area contributed by atoms with Crippen molar-refractivity contribution < 1.29 is 9.59 Å². The Balaban J connectivity index is 2.08. The Kier molecular flexibility index (Phi) is 5.88. The highest BCUT2D eigenvalue weighted by Crippen LogP contribution is 2.26. The van der Waals surface area contributed by atoms with Crippen LogP contribution in [0.15, 0.2) is 36.9 Å². The zero-order valence-electron chi connectivity index (χ0n) is 14.0. The minimum Gasteiger partial charge on any atom is -0.337 e. The van der Waals surface area contributed by atoms with Gasteiger partial charge in [-0.05, 0) is 36.3 Å². The Morgan fingerprint density at radius 1 is 1.35 bits per heavy atom. The lowest BCUT2D eigenvalue weighted by Crippen LogP contribution is -2.43. The summed E-state index contributed by atoms with van der Waals surface area (Å²) in [6.45, 7) is 9.48. The first-order valence-electron chi connectivity index (χ1n) is 7.85. The summed E-state index contributed by atoms with van der Waals surface area (Å²) in [6.07, 6.45) is 1.27. The summed E-state index contributed by atoms with van der Waals surface area (Å²) in [6, 6.07) is 7.17. The van der Waals surface area contributed by atoms with E-state index in [-0.39, 0.29) is 11.8 Å². The SMILES string of the molecule is C=CC(=O)N(C)c1ccc(C(=O)N2CCSC(C(C)C)C2)cc1. The number of anilines is 1. The molecular weight excluding hydrogens is 308 g/mol. The number of nitrogens with zero attached hydrogens (tertiary/aromatic N) is 2. The summed E-state index contributed by atoms with van der Waals surface area (Å²) in [7, 11) is 1.69. The van der Waals surface area contributed by atoms with Crippen molar-refractivity contribution in [1.82, 2.24) is 4.90 Å². The molecule has 23 heavy (non-hydrogen) atoms. The number of hydrogen-bond acceptors (Lipinski definition) is 3. The van der Waals surface area contributed by atoms with Gasteiger partial charge in [0.25, 0.3) is 5.91 Å². The Hall–Kier alpha value is -1.75. The van der Waals surface area contributed by atoms with Gasteiger partial charge in [-0.15, -0.1) is 0 Å². The molecule has 4 nitrogen and oxygen atoms in total. The number of benzene rings is 1. The van der Waals surface area contributed by atoms with Gasteiger partial charge < -0.3 is 9.80 Å². The first-order valence-corrected chi connectivity index (χ1v) is 8.90. The fraction of sp³-hybridized carbons (Fsp3) is 0.444. The van der Waals surface area contributed by atoms with Crippen LogP contribution in [0, 0.1) is 5.92 Å². The van der Waals surface area contributed by atoms with Crippen LogP contribution in [0.4, 0.5) is 5.69 Å². The lowest BCUT2D eigenvalue weighted by molar-refractivity contribution is -0.113. The maximum absolute atomic E-state index is 12.7. The fourth-order valence-corrected chi connectivity index (χ4v) is 3.84. The molecule has 1 fully saturated rings. The number of carbonyl (C=O) groups is 2. The van der Waals surface area contributed by atoms with Gasteiger partial charge in [0, 0.05) is 42.4 Å². The van der Waals surface area contributed by atoms with E-state index in [1.807, 2.05) is 16.7 Å². The topological polar surface area (TPSA) is 40.6 Å². The number of carbonyl (C=O) groups excluding carboxylic acids is 2. The van der Waals surface area contributed by atoms with Gasteiger partial charge in [-0.3, -0.25) is 9.59 Å². The molecule has 1 saturated heterocycles. The van der Waals surface area contributed by atoms with Gasteiger partial charge in [-0.25, -0.2) is 0 Å². The normalized spacial score (nSPS) is 17.9. The van der Waals surface area contributed by atoms with E-state index in [0.29, 0.717) is 16.7 Å². The van der Waals surface area contributed by atoms with Gasteiger partial charge in [0.1, 0.15) is 0 Å². The largest absolute Gasteiger partial charge is 0.337 e. The molecule has 0 aromatic heterocycles. The molecule has 1 unspecified atom stereocenters. The molecule has 0 saturated carbocycles. The molecule has 1 aliphatic rings. The van der Waals surface area contributed by atoms with Crippen molar-refractivity contribution in [1.29, 1.82) is 0 Å². The second-order valence-corrected chi connectivity index (χ2v) is 7.40. The zero-order valence-corrected chi connectivity index (χ0v) is 14.8. The highest BCUT2D eigenvalue weighted by atomic mass is 32.2. The number of thioether (sulfide) groups is 1. The van der Waals surface area contributed by atoms with Crippen LogP contribution in [0.2, 0.25) is 0 Å². The molecule has 5 heteroatoms. The number of hydrogen-bond donors (Lipinski definition) is 0. The molecule has 124 valence electrons. The van der Waals surface area contributed by atoms with E-state index in [9.17, 15) is 9.59 Å². The highest BCUT2D eigenvalue weighted by Gasteiger charge is 2.26. The molecule has 2 rings (SSSR count). The van der Waals surface area contributed by atoms with Crippen molar-refractivity contribution in [2.75, 3.05) is 30.8 Å². The quantitative estimate of drug-likeness (QED) is 0.796. The molecule has 0 N–H and O–H groups in total. The van der Waals surface area contributed by atoms with E-state index >= 15 is 0 Å². The van der Waals surface area contributed by atoms with Crippen LogP contribution in [-0.2, 0) is 4.79 Å². The number of likely N-dealkylation sites (N-methyl/N-ethyl adjacent to an activating group) is 1. The van der Waals surface area contributed by atoms with Crippen LogP contribution in [0.3, 0.4) is 0 Å². The minimum absolute atomic E-state index is 0.0696. The van der Waals surface area contributed by atoms with Crippen molar-refractivity contribution in [3.8, 4) is 0 Å². The Morgan fingerprint density at radius 2 is 2.00 bits per heavy atom. The van der Waals surface area contributed by atoms with Crippen LogP contribution < -0.4 is 4.90 Å². The second-order valence-electron chi connectivity index (χ2n) is 6.05. The molecule has 1 atom stereocenters. The third-order valence-electron chi connectivity index (χ3n) is 4.13. The third kappa shape index (κ3) is 4.16. The van der Waals surface area contributed by atoms with Crippen molar-refractivity contribution in [2.24, 2.45) is 5.92 Å². The van der Waals surface area contributed by atoms with Crippen LogP contribution in [0.5, 0.6) is 0 Å². The lowest BCUT2D eigenvalue weighted by Gasteiger charge is -2.34. The molecule has 0 spiro atoms. The molecule has 0 aliphatic carbocycles. The van der Waals surface area contributed by atoms with E-state index in [2.05, 4.69) is 20.4 Å². The smallest absolute Gasteiger partial charge is 0.253 e. The number of rotatable bonds is 4. The highest BCUT2D eigenvalue weighted by molar-refractivity contribution is 8.00. The summed E-state index contributed by atoms with van der Waals surface area (Å²) in [5.41, 5.74) is 1.42. The third-order valence-corrected chi connectivity index (χ3v) is 5.67. The molecule has 1 aliphatic heterocycles. The van der Waals surface area contributed by atoms with E-state index in [1.165, 1.54) is 11.0 Å². The van der Waals surface area contributed by atoms with Gasteiger partial charge >= 0.3 is 0 Å².